The van der Waals surface area contributed by atoms with Crippen LogP contribution in [0.2, 0.25) is 0 Å². The maximum Gasteiger partial charge on any atom is 0.115 e. The van der Waals surface area contributed by atoms with Gasteiger partial charge in [0.1, 0.15) is 5.75 Å². The summed E-state index contributed by atoms with van der Waals surface area (Å²) in [5, 5.41) is 12.8. The van der Waals surface area contributed by atoms with E-state index in [9.17, 15) is 5.11 Å². The van der Waals surface area contributed by atoms with Crippen LogP contribution in [0.5, 0.6) is 5.75 Å². The van der Waals surface area contributed by atoms with Crippen LogP contribution in [0.1, 0.15) is 17.2 Å². The van der Waals surface area contributed by atoms with Crippen molar-refractivity contribution in [1.29, 1.82) is 0 Å². The maximum atomic E-state index is 9.38. The Labute approximate surface area is 113 Å². The second-order valence-corrected chi connectivity index (χ2v) is 4.38. The predicted octanol–water partition coefficient (Wildman–Crippen LogP) is 2.72. The fourth-order valence-electron chi connectivity index (χ4n) is 2.05. The molecule has 2 rings (SSSR count). The molecule has 2 aromatic rings. The van der Waals surface area contributed by atoms with Crippen LogP contribution < -0.4 is 5.32 Å². The second-order valence-electron chi connectivity index (χ2n) is 4.38. The van der Waals surface area contributed by atoms with Gasteiger partial charge in [0.25, 0.3) is 0 Å². The van der Waals surface area contributed by atoms with Crippen LogP contribution >= 0.6 is 0 Å². The third-order valence-electron chi connectivity index (χ3n) is 3.01. The normalized spacial score (nSPS) is 12.3. The van der Waals surface area contributed by atoms with Crippen LogP contribution in [-0.2, 0) is 4.74 Å². The van der Waals surface area contributed by atoms with E-state index >= 15 is 0 Å². The van der Waals surface area contributed by atoms with Gasteiger partial charge in [0.15, 0.2) is 0 Å². The lowest BCUT2D eigenvalue weighted by Crippen LogP contribution is -2.25. The van der Waals surface area contributed by atoms with E-state index in [4.69, 9.17) is 4.74 Å². The fraction of sp³-hybridized carbons (Fsp3) is 0.250. The van der Waals surface area contributed by atoms with Gasteiger partial charge in [-0.2, -0.15) is 0 Å². The zero-order valence-electron chi connectivity index (χ0n) is 11.0. The van der Waals surface area contributed by atoms with Crippen LogP contribution in [-0.4, -0.2) is 25.4 Å². The summed E-state index contributed by atoms with van der Waals surface area (Å²) in [7, 11) is 1.69. The molecular formula is C16H19NO2. The molecule has 1 atom stereocenters. The minimum Gasteiger partial charge on any atom is -0.508 e. The standard InChI is InChI=1S/C16H19NO2/c1-19-12-11-17-16(13-5-3-2-4-6-13)14-7-9-15(18)10-8-14/h2-10,16-18H,11-12H2,1H3. The highest BCUT2D eigenvalue weighted by Gasteiger charge is 2.12. The number of nitrogens with one attached hydrogen (secondary N) is 1. The molecule has 0 saturated carbocycles. The van der Waals surface area contributed by atoms with Crippen LogP contribution in [0.25, 0.3) is 0 Å². The van der Waals surface area contributed by atoms with Crippen LogP contribution in [0, 0.1) is 0 Å². The second kappa shape index (κ2) is 6.92. The molecule has 0 aliphatic heterocycles. The number of benzene rings is 2. The van der Waals surface area contributed by atoms with Gasteiger partial charge >= 0.3 is 0 Å². The molecule has 0 aliphatic rings. The van der Waals surface area contributed by atoms with Crippen LogP contribution in [0.15, 0.2) is 54.6 Å². The SMILES string of the molecule is COCCNC(c1ccccc1)c1ccc(O)cc1. The Balaban J connectivity index is 2.21. The topological polar surface area (TPSA) is 41.5 Å². The fourth-order valence-corrected chi connectivity index (χ4v) is 2.05. The van der Waals surface area contributed by atoms with E-state index in [2.05, 4.69) is 17.4 Å². The van der Waals surface area contributed by atoms with E-state index in [1.807, 2.05) is 30.3 Å². The van der Waals surface area contributed by atoms with Crippen molar-refractivity contribution >= 4 is 0 Å². The Morgan fingerprint density at radius 3 is 2.26 bits per heavy atom. The molecule has 0 aliphatic carbocycles. The van der Waals surface area contributed by atoms with Gasteiger partial charge in [-0.15, -0.1) is 0 Å². The number of methoxy groups -OCH3 is 1. The third-order valence-corrected chi connectivity index (χ3v) is 3.01. The average molecular weight is 257 g/mol. The summed E-state index contributed by atoms with van der Waals surface area (Å²) in [6.45, 7) is 1.44. The Morgan fingerprint density at radius 2 is 1.63 bits per heavy atom. The number of hydrogen-bond donors (Lipinski definition) is 2. The summed E-state index contributed by atoms with van der Waals surface area (Å²) in [5.74, 6) is 0.285. The van der Waals surface area contributed by atoms with Crippen molar-refractivity contribution in [2.75, 3.05) is 20.3 Å². The number of hydrogen-bond acceptors (Lipinski definition) is 3. The van der Waals surface area contributed by atoms with Gasteiger partial charge in [-0.1, -0.05) is 42.5 Å². The van der Waals surface area contributed by atoms with E-state index in [0.29, 0.717) is 6.61 Å². The van der Waals surface area contributed by atoms with E-state index in [1.165, 1.54) is 5.56 Å². The first-order valence-electron chi connectivity index (χ1n) is 6.37. The molecule has 19 heavy (non-hydrogen) atoms. The molecule has 100 valence electrons. The van der Waals surface area contributed by atoms with Crippen LogP contribution in [0.3, 0.4) is 0 Å². The first kappa shape index (κ1) is 13.6. The highest BCUT2D eigenvalue weighted by Crippen LogP contribution is 2.23. The molecule has 0 heterocycles. The molecule has 3 heteroatoms. The molecule has 0 radical (unpaired) electrons. The van der Waals surface area contributed by atoms with Crippen molar-refractivity contribution in [3.8, 4) is 5.75 Å². The van der Waals surface area contributed by atoms with Gasteiger partial charge < -0.3 is 15.2 Å². The largest absolute Gasteiger partial charge is 0.508 e. The van der Waals surface area contributed by atoms with Gasteiger partial charge in [0, 0.05) is 13.7 Å². The maximum absolute atomic E-state index is 9.38. The minimum absolute atomic E-state index is 0.108. The highest BCUT2D eigenvalue weighted by atomic mass is 16.5. The Kier molecular flexibility index (Phi) is 4.95. The van der Waals surface area contributed by atoms with Crippen molar-refractivity contribution in [3.63, 3.8) is 0 Å². The Morgan fingerprint density at radius 1 is 1.00 bits per heavy atom. The molecule has 0 fully saturated rings. The highest BCUT2D eigenvalue weighted by molar-refractivity contribution is 5.34. The van der Waals surface area contributed by atoms with E-state index in [-0.39, 0.29) is 11.8 Å². The molecule has 0 bridgehead atoms. The molecule has 0 amide bonds. The monoisotopic (exact) mass is 257 g/mol. The lowest BCUT2D eigenvalue weighted by Gasteiger charge is -2.19. The smallest absolute Gasteiger partial charge is 0.115 e. The zero-order valence-corrected chi connectivity index (χ0v) is 11.0. The molecule has 0 saturated heterocycles. The number of ether oxygens (including phenoxy) is 1. The number of phenols is 1. The van der Waals surface area contributed by atoms with Gasteiger partial charge in [-0.3, -0.25) is 0 Å². The Bertz CT molecular complexity index is 482. The summed E-state index contributed by atoms with van der Waals surface area (Å²) in [6, 6.07) is 17.7. The molecule has 1 unspecified atom stereocenters. The first-order valence-corrected chi connectivity index (χ1v) is 6.37. The number of phenolic OH excluding ortho intramolecular Hbond substituents is 1. The van der Waals surface area contributed by atoms with Gasteiger partial charge in [0.05, 0.1) is 12.6 Å². The molecular weight excluding hydrogens is 238 g/mol. The number of rotatable bonds is 6. The van der Waals surface area contributed by atoms with Crippen LogP contribution in [0.4, 0.5) is 0 Å². The van der Waals surface area contributed by atoms with E-state index < -0.39 is 0 Å². The third kappa shape index (κ3) is 3.81. The molecule has 0 aromatic heterocycles. The summed E-state index contributed by atoms with van der Waals surface area (Å²) in [4.78, 5) is 0. The van der Waals surface area contributed by atoms with Crippen molar-refractivity contribution in [3.05, 3.63) is 65.7 Å². The van der Waals surface area contributed by atoms with Crippen molar-refractivity contribution in [2.24, 2.45) is 0 Å². The summed E-state index contributed by atoms with van der Waals surface area (Å²) in [6.07, 6.45) is 0. The predicted molar refractivity (Wildman–Crippen MR) is 76.3 cm³/mol. The first-order chi connectivity index (χ1) is 9.31. The quantitative estimate of drug-likeness (QED) is 0.782. The van der Waals surface area contributed by atoms with Gasteiger partial charge in [-0.05, 0) is 23.3 Å². The Hall–Kier alpha value is -1.84. The van der Waals surface area contributed by atoms with Crippen molar-refractivity contribution < 1.29 is 9.84 Å². The lowest BCUT2D eigenvalue weighted by molar-refractivity contribution is 0.197. The summed E-state index contributed by atoms with van der Waals surface area (Å²) >= 11 is 0. The van der Waals surface area contributed by atoms with Crippen molar-refractivity contribution in [2.45, 2.75) is 6.04 Å². The number of aromatic hydroxyl groups is 1. The average Bonchev–Trinajstić information content (AvgIpc) is 2.46. The lowest BCUT2D eigenvalue weighted by atomic mass is 9.98. The molecule has 0 spiro atoms. The molecule has 2 N–H and O–H groups in total. The minimum atomic E-state index is 0.108. The van der Waals surface area contributed by atoms with E-state index in [1.54, 1.807) is 19.2 Å². The van der Waals surface area contributed by atoms with Crippen molar-refractivity contribution in [1.82, 2.24) is 5.32 Å². The summed E-state index contributed by atoms with van der Waals surface area (Å²) < 4.78 is 5.08. The summed E-state index contributed by atoms with van der Waals surface area (Å²) in [5.41, 5.74) is 2.32. The van der Waals surface area contributed by atoms with Gasteiger partial charge in [0.2, 0.25) is 0 Å². The van der Waals surface area contributed by atoms with Gasteiger partial charge in [-0.25, -0.2) is 0 Å². The molecule has 2 aromatic carbocycles. The molecule has 3 nitrogen and oxygen atoms in total. The zero-order chi connectivity index (χ0) is 13.5. The van der Waals surface area contributed by atoms with E-state index in [0.717, 1.165) is 12.1 Å².